The van der Waals surface area contributed by atoms with Gasteiger partial charge in [-0.05, 0) is 37.1 Å². The highest BCUT2D eigenvalue weighted by Crippen LogP contribution is 2.31. The number of amides is 2. The molecule has 2 heterocycles. The molecule has 1 unspecified atom stereocenters. The fourth-order valence-electron chi connectivity index (χ4n) is 3.58. The van der Waals surface area contributed by atoms with Crippen molar-refractivity contribution in [3.63, 3.8) is 0 Å². The molecule has 7 heteroatoms. The van der Waals surface area contributed by atoms with Crippen LogP contribution in [0.3, 0.4) is 0 Å². The van der Waals surface area contributed by atoms with Crippen molar-refractivity contribution in [2.24, 2.45) is 0 Å². The number of hydrogen-bond donors (Lipinski definition) is 0. The van der Waals surface area contributed by atoms with Crippen molar-refractivity contribution < 1.29 is 18.7 Å². The third-order valence-corrected chi connectivity index (χ3v) is 5.12. The summed E-state index contributed by atoms with van der Waals surface area (Å²) < 4.78 is 18.4. The van der Waals surface area contributed by atoms with Crippen molar-refractivity contribution in [1.29, 1.82) is 0 Å². The second-order valence-corrected chi connectivity index (χ2v) is 6.92. The molecular weight excluding hydrogens is 337 g/mol. The van der Waals surface area contributed by atoms with Crippen molar-refractivity contribution in [3.8, 4) is 0 Å². The molecule has 0 spiro atoms. The lowest BCUT2D eigenvalue weighted by atomic mass is 10.0. The molecule has 6 nitrogen and oxygen atoms in total. The molecule has 142 valence electrons. The van der Waals surface area contributed by atoms with E-state index in [2.05, 4.69) is 4.90 Å². The SMILES string of the molecule is CN(CC(=O)N1CCOCC1)C(=O)CN1CCCC1c1ccc(F)cc1. The van der Waals surface area contributed by atoms with Gasteiger partial charge in [-0.3, -0.25) is 14.5 Å². The van der Waals surface area contributed by atoms with E-state index in [9.17, 15) is 14.0 Å². The standard InChI is InChI=1S/C19H26FN3O3/c1-21(13-19(25)22-9-11-26-12-10-22)18(24)14-23-8-2-3-17(23)15-4-6-16(20)7-5-15/h4-7,17H,2-3,8-14H2,1H3. The molecular formula is C19H26FN3O3. The van der Waals surface area contributed by atoms with E-state index in [1.165, 1.54) is 17.0 Å². The summed E-state index contributed by atoms with van der Waals surface area (Å²) in [6, 6.07) is 6.62. The number of nitrogens with zero attached hydrogens (tertiary/aromatic N) is 3. The van der Waals surface area contributed by atoms with Crippen molar-refractivity contribution in [2.75, 3.05) is 53.0 Å². The first kappa shape index (κ1) is 18.8. The Bertz CT molecular complexity index is 631. The lowest BCUT2D eigenvalue weighted by Crippen LogP contribution is -2.47. The molecule has 2 aliphatic rings. The second-order valence-electron chi connectivity index (χ2n) is 6.92. The molecule has 1 aromatic rings. The Kier molecular flexibility index (Phi) is 6.21. The van der Waals surface area contributed by atoms with Gasteiger partial charge in [0.1, 0.15) is 5.82 Å². The summed E-state index contributed by atoms with van der Waals surface area (Å²) in [5.74, 6) is -0.364. The Hall–Kier alpha value is -1.99. The fraction of sp³-hybridized carbons (Fsp3) is 0.579. The van der Waals surface area contributed by atoms with Gasteiger partial charge < -0.3 is 14.5 Å². The number of likely N-dealkylation sites (N-methyl/N-ethyl adjacent to an activating group) is 1. The van der Waals surface area contributed by atoms with E-state index in [4.69, 9.17) is 4.74 Å². The van der Waals surface area contributed by atoms with E-state index in [-0.39, 0.29) is 36.8 Å². The fourth-order valence-corrected chi connectivity index (χ4v) is 3.58. The quantitative estimate of drug-likeness (QED) is 0.791. The number of benzene rings is 1. The van der Waals surface area contributed by atoms with Crippen molar-refractivity contribution >= 4 is 11.8 Å². The molecule has 1 aromatic carbocycles. The second kappa shape index (κ2) is 8.60. The summed E-state index contributed by atoms with van der Waals surface area (Å²) in [5, 5.41) is 0. The van der Waals surface area contributed by atoms with E-state index >= 15 is 0 Å². The van der Waals surface area contributed by atoms with Gasteiger partial charge in [0.25, 0.3) is 0 Å². The largest absolute Gasteiger partial charge is 0.378 e. The highest BCUT2D eigenvalue weighted by Gasteiger charge is 2.29. The predicted molar refractivity (Wildman–Crippen MR) is 95.0 cm³/mol. The average molecular weight is 363 g/mol. The molecule has 3 rings (SSSR count). The summed E-state index contributed by atoms with van der Waals surface area (Å²) in [5.41, 5.74) is 1.03. The van der Waals surface area contributed by atoms with Gasteiger partial charge in [0.15, 0.2) is 0 Å². The first-order valence-electron chi connectivity index (χ1n) is 9.13. The van der Waals surface area contributed by atoms with Gasteiger partial charge in [-0.15, -0.1) is 0 Å². The summed E-state index contributed by atoms with van der Waals surface area (Å²) in [4.78, 5) is 30.2. The first-order chi connectivity index (χ1) is 12.5. The van der Waals surface area contributed by atoms with Crippen LogP contribution in [0.1, 0.15) is 24.4 Å². The van der Waals surface area contributed by atoms with Crippen molar-refractivity contribution in [1.82, 2.24) is 14.7 Å². The third kappa shape index (κ3) is 4.59. The summed E-state index contributed by atoms with van der Waals surface area (Å²) in [6.07, 6.45) is 1.96. The Morgan fingerprint density at radius 1 is 1.19 bits per heavy atom. The van der Waals surface area contributed by atoms with Crippen LogP contribution in [0.15, 0.2) is 24.3 Å². The molecule has 2 amide bonds. The minimum atomic E-state index is -0.254. The zero-order valence-corrected chi connectivity index (χ0v) is 15.2. The van der Waals surface area contributed by atoms with Gasteiger partial charge in [0.2, 0.25) is 11.8 Å². The number of hydrogen-bond acceptors (Lipinski definition) is 4. The maximum atomic E-state index is 13.1. The van der Waals surface area contributed by atoms with Crippen LogP contribution in [0, 0.1) is 5.82 Å². The van der Waals surface area contributed by atoms with Gasteiger partial charge >= 0.3 is 0 Å². The van der Waals surface area contributed by atoms with Crippen LogP contribution in [0.2, 0.25) is 0 Å². The molecule has 2 fully saturated rings. The van der Waals surface area contributed by atoms with Crippen molar-refractivity contribution in [3.05, 3.63) is 35.6 Å². The van der Waals surface area contributed by atoms with Crippen LogP contribution in [-0.4, -0.2) is 79.5 Å². The van der Waals surface area contributed by atoms with E-state index < -0.39 is 0 Å². The topological polar surface area (TPSA) is 53.1 Å². The number of likely N-dealkylation sites (tertiary alicyclic amines) is 1. The molecule has 0 radical (unpaired) electrons. The minimum absolute atomic E-state index is 0.0411. The average Bonchev–Trinajstić information content (AvgIpc) is 3.11. The number of morpholine rings is 1. The summed E-state index contributed by atoms with van der Waals surface area (Å²) >= 11 is 0. The Morgan fingerprint density at radius 3 is 2.58 bits per heavy atom. The van der Waals surface area contributed by atoms with Gasteiger partial charge in [0.05, 0.1) is 26.3 Å². The van der Waals surface area contributed by atoms with Crippen LogP contribution >= 0.6 is 0 Å². The Morgan fingerprint density at radius 2 is 1.88 bits per heavy atom. The number of ether oxygens (including phenoxy) is 1. The monoisotopic (exact) mass is 363 g/mol. The molecule has 0 aliphatic carbocycles. The zero-order valence-electron chi connectivity index (χ0n) is 15.2. The van der Waals surface area contributed by atoms with E-state index in [0.29, 0.717) is 26.3 Å². The van der Waals surface area contributed by atoms with Crippen LogP contribution in [0.4, 0.5) is 4.39 Å². The highest BCUT2D eigenvalue weighted by molar-refractivity contribution is 5.85. The Balaban J connectivity index is 1.54. The molecule has 0 bridgehead atoms. The lowest BCUT2D eigenvalue weighted by molar-refractivity contribution is -0.142. The normalized spacial score (nSPS) is 21.0. The maximum Gasteiger partial charge on any atom is 0.242 e. The highest BCUT2D eigenvalue weighted by atomic mass is 19.1. The number of carbonyl (C=O) groups is 2. The molecule has 0 aromatic heterocycles. The molecule has 26 heavy (non-hydrogen) atoms. The van der Waals surface area contributed by atoms with Crippen LogP contribution in [0.25, 0.3) is 0 Å². The van der Waals surface area contributed by atoms with E-state index in [1.54, 1.807) is 24.1 Å². The molecule has 2 aliphatic heterocycles. The van der Waals surface area contributed by atoms with Crippen LogP contribution < -0.4 is 0 Å². The van der Waals surface area contributed by atoms with Crippen molar-refractivity contribution in [2.45, 2.75) is 18.9 Å². The number of carbonyl (C=O) groups excluding carboxylic acids is 2. The smallest absolute Gasteiger partial charge is 0.242 e. The molecule has 0 N–H and O–H groups in total. The molecule has 1 atom stereocenters. The van der Waals surface area contributed by atoms with Gasteiger partial charge in [-0.1, -0.05) is 12.1 Å². The summed E-state index contributed by atoms with van der Waals surface area (Å²) in [7, 11) is 1.67. The Labute approximate surface area is 153 Å². The molecule has 2 saturated heterocycles. The van der Waals surface area contributed by atoms with E-state index in [0.717, 1.165) is 24.9 Å². The van der Waals surface area contributed by atoms with Crippen LogP contribution in [0.5, 0.6) is 0 Å². The van der Waals surface area contributed by atoms with Gasteiger partial charge in [0, 0.05) is 26.2 Å². The zero-order chi connectivity index (χ0) is 18.5. The minimum Gasteiger partial charge on any atom is -0.378 e. The molecule has 0 saturated carbocycles. The van der Waals surface area contributed by atoms with Gasteiger partial charge in [-0.25, -0.2) is 4.39 Å². The predicted octanol–water partition coefficient (Wildman–Crippen LogP) is 1.28. The third-order valence-electron chi connectivity index (χ3n) is 5.12. The summed E-state index contributed by atoms with van der Waals surface area (Å²) in [6.45, 7) is 3.47. The van der Waals surface area contributed by atoms with Gasteiger partial charge in [-0.2, -0.15) is 0 Å². The lowest BCUT2D eigenvalue weighted by Gasteiger charge is -2.30. The number of rotatable bonds is 5. The van der Waals surface area contributed by atoms with E-state index in [1.807, 2.05) is 0 Å². The first-order valence-corrected chi connectivity index (χ1v) is 9.13. The van der Waals surface area contributed by atoms with Crippen LogP contribution in [-0.2, 0) is 14.3 Å². The maximum absolute atomic E-state index is 13.1. The number of halogens is 1.